The van der Waals surface area contributed by atoms with E-state index < -0.39 is 4.92 Å². The molecular weight excluding hydrogens is 360 g/mol. The minimum absolute atomic E-state index is 0.0479. The number of hydrogen-bond acceptors (Lipinski definition) is 6. The second kappa shape index (κ2) is 7.67. The summed E-state index contributed by atoms with van der Waals surface area (Å²) in [6, 6.07) is 14.7. The van der Waals surface area contributed by atoms with Crippen LogP contribution >= 0.6 is 11.3 Å². The summed E-state index contributed by atoms with van der Waals surface area (Å²) < 4.78 is 0. The molecular formula is C20H20N4O2S. The third-order valence-corrected chi connectivity index (χ3v) is 4.75. The highest BCUT2D eigenvalue weighted by Gasteiger charge is 2.12. The van der Waals surface area contributed by atoms with E-state index in [9.17, 15) is 10.1 Å². The summed E-state index contributed by atoms with van der Waals surface area (Å²) >= 11 is 1.39. The molecule has 2 aromatic carbocycles. The first-order valence-electron chi connectivity index (χ1n) is 8.43. The molecule has 0 atom stereocenters. The lowest BCUT2D eigenvalue weighted by Crippen LogP contribution is -2.10. The normalized spacial score (nSPS) is 11.7. The number of aromatic nitrogens is 1. The van der Waals surface area contributed by atoms with Crippen LogP contribution in [-0.4, -0.2) is 16.1 Å². The van der Waals surface area contributed by atoms with Crippen LogP contribution in [-0.2, 0) is 5.41 Å². The van der Waals surface area contributed by atoms with Crippen molar-refractivity contribution in [2.24, 2.45) is 5.10 Å². The van der Waals surface area contributed by atoms with E-state index in [0.29, 0.717) is 16.4 Å². The van der Waals surface area contributed by atoms with Gasteiger partial charge < -0.3 is 0 Å². The third-order valence-electron chi connectivity index (χ3n) is 4.01. The van der Waals surface area contributed by atoms with Gasteiger partial charge in [0.25, 0.3) is 5.69 Å². The smallest absolute Gasteiger partial charge is 0.258 e. The molecule has 1 N–H and O–H groups in total. The molecule has 0 radical (unpaired) electrons. The maximum absolute atomic E-state index is 10.9. The van der Waals surface area contributed by atoms with Gasteiger partial charge in [-0.2, -0.15) is 5.10 Å². The summed E-state index contributed by atoms with van der Waals surface area (Å²) in [6.07, 6.45) is 1.74. The van der Waals surface area contributed by atoms with Crippen molar-refractivity contribution in [3.8, 4) is 11.3 Å². The first-order chi connectivity index (χ1) is 12.8. The average molecular weight is 380 g/mol. The number of hydrogen-bond donors (Lipinski definition) is 1. The van der Waals surface area contributed by atoms with E-state index in [4.69, 9.17) is 0 Å². The quantitative estimate of drug-likeness (QED) is 0.362. The lowest BCUT2D eigenvalue weighted by atomic mass is 9.87. The Morgan fingerprint density at radius 3 is 2.59 bits per heavy atom. The molecule has 3 rings (SSSR count). The number of rotatable bonds is 5. The van der Waals surface area contributed by atoms with Crippen LogP contribution in [0.25, 0.3) is 11.3 Å². The molecule has 138 valence electrons. The zero-order valence-electron chi connectivity index (χ0n) is 15.3. The third kappa shape index (κ3) is 4.77. The summed E-state index contributed by atoms with van der Waals surface area (Å²) in [6.45, 7) is 6.54. The summed E-state index contributed by atoms with van der Waals surface area (Å²) in [7, 11) is 0. The standard InChI is InChI=1S/C20H20N4O2S/c1-20(2,3)16-9-7-14(8-10-16)12-21-23-19-22-18(13-27-19)15-5-4-6-17(11-15)24(25)26/h4-13H,1-3H3,(H,22,23)/b21-12+. The predicted octanol–water partition coefficient (Wildman–Crippen LogP) is 5.46. The molecule has 0 bridgehead atoms. The average Bonchev–Trinajstić information content (AvgIpc) is 3.10. The van der Waals surface area contributed by atoms with Gasteiger partial charge >= 0.3 is 0 Å². The highest BCUT2D eigenvalue weighted by molar-refractivity contribution is 7.14. The Morgan fingerprint density at radius 2 is 1.93 bits per heavy atom. The summed E-state index contributed by atoms with van der Waals surface area (Å²) in [4.78, 5) is 14.9. The fraction of sp³-hybridized carbons (Fsp3) is 0.200. The van der Waals surface area contributed by atoms with E-state index in [-0.39, 0.29) is 11.1 Å². The number of anilines is 1. The van der Waals surface area contributed by atoms with Gasteiger partial charge in [0.05, 0.1) is 16.8 Å². The van der Waals surface area contributed by atoms with Crippen LogP contribution < -0.4 is 5.43 Å². The number of hydrazone groups is 1. The summed E-state index contributed by atoms with van der Waals surface area (Å²) in [5.41, 5.74) is 6.72. The SMILES string of the molecule is CC(C)(C)c1ccc(/C=N/Nc2nc(-c3cccc([N+](=O)[O-])c3)cs2)cc1. The van der Waals surface area contributed by atoms with E-state index in [1.807, 2.05) is 17.5 Å². The van der Waals surface area contributed by atoms with Crippen LogP contribution in [0.2, 0.25) is 0 Å². The number of nitro groups is 1. The minimum Gasteiger partial charge on any atom is -0.258 e. The van der Waals surface area contributed by atoms with Gasteiger partial charge in [-0.1, -0.05) is 57.2 Å². The van der Waals surface area contributed by atoms with E-state index in [1.54, 1.807) is 18.3 Å². The number of benzene rings is 2. The zero-order valence-corrected chi connectivity index (χ0v) is 16.2. The molecule has 6 nitrogen and oxygen atoms in total. The molecule has 7 heteroatoms. The van der Waals surface area contributed by atoms with Crippen molar-refractivity contribution in [2.75, 3.05) is 5.43 Å². The molecule has 0 fully saturated rings. The fourth-order valence-electron chi connectivity index (χ4n) is 2.47. The number of nitrogens with zero attached hydrogens (tertiary/aromatic N) is 3. The molecule has 27 heavy (non-hydrogen) atoms. The van der Waals surface area contributed by atoms with Crippen molar-refractivity contribution in [1.82, 2.24) is 4.98 Å². The number of nitro benzene ring substituents is 1. The Morgan fingerprint density at radius 1 is 1.19 bits per heavy atom. The summed E-state index contributed by atoms with van der Waals surface area (Å²) in [5, 5.41) is 17.6. The van der Waals surface area contributed by atoms with Crippen molar-refractivity contribution < 1.29 is 4.92 Å². The van der Waals surface area contributed by atoms with E-state index in [2.05, 4.69) is 48.4 Å². The molecule has 0 aliphatic carbocycles. The van der Waals surface area contributed by atoms with Gasteiger partial charge in [-0.3, -0.25) is 15.5 Å². The van der Waals surface area contributed by atoms with E-state index >= 15 is 0 Å². The monoisotopic (exact) mass is 380 g/mol. The number of nitrogens with one attached hydrogen (secondary N) is 1. The first-order valence-corrected chi connectivity index (χ1v) is 9.31. The number of non-ortho nitro benzene ring substituents is 1. The fourth-order valence-corrected chi connectivity index (χ4v) is 3.14. The Kier molecular flexibility index (Phi) is 5.32. The van der Waals surface area contributed by atoms with Gasteiger partial charge in [0, 0.05) is 23.1 Å². The molecule has 1 aromatic heterocycles. The molecule has 3 aromatic rings. The first kappa shape index (κ1) is 18.7. The highest BCUT2D eigenvalue weighted by Crippen LogP contribution is 2.27. The van der Waals surface area contributed by atoms with Crippen LogP contribution in [0.4, 0.5) is 10.8 Å². The Hall–Kier alpha value is -3.06. The number of thiazole rings is 1. The van der Waals surface area contributed by atoms with Gasteiger partial charge in [-0.25, -0.2) is 4.98 Å². The highest BCUT2D eigenvalue weighted by atomic mass is 32.1. The van der Waals surface area contributed by atoms with Crippen LogP contribution in [0.3, 0.4) is 0 Å². The van der Waals surface area contributed by atoms with Crippen molar-refractivity contribution in [3.05, 3.63) is 75.2 Å². The molecule has 0 aliphatic heterocycles. The van der Waals surface area contributed by atoms with Crippen LogP contribution in [0.5, 0.6) is 0 Å². The molecule has 0 aliphatic rings. The van der Waals surface area contributed by atoms with Crippen molar-refractivity contribution in [2.45, 2.75) is 26.2 Å². The Bertz CT molecular complexity index is 972. The lowest BCUT2D eigenvalue weighted by molar-refractivity contribution is -0.384. The summed E-state index contributed by atoms with van der Waals surface area (Å²) in [5.74, 6) is 0. The van der Waals surface area contributed by atoms with Gasteiger partial charge in [-0.15, -0.1) is 11.3 Å². The van der Waals surface area contributed by atoms with Gasteiger partial charge in [0.15, 0.2) is 0 Å². The predicted molar refractivity (Wildman–Crippen MR) is 111 cm³/mol. The largest absolute Gasteiger partial charge is 0.270 e. The van der Waals surface area contributed by atoms with Crippen molar-refractivity contribution in [3.63, 3.8) is 0 Å². The van der Waals surface area contributed by atoms with Crippen LogP contribution in [0, 0.1) is 10.1 Å². The van der Waals surface area contributed by atoms with Crippen LogP contribution in [0.15, 0.2) is 59.0 Å². The topological polar surface area (TPSA) is 80.4 Å². The van der Waals surface area contributed by atoms with Crippen LogP contribution in [0.1, 0.15) is 31.9 Å². The maximum Gasteiger partial charge on any atom is 0.270 e. The lowest BCUT2D eigenvalue weighted by Gasteiger charge is -2.18. The Balaban J connectivity index is 1.67. The molecule has 1 heterocycles. The van der Waals surface area contributed by atoms with Gasteiger partial charge in [0.2, 0.25) is 5.13 Å². The molecule has 0 unspecified atom stereocenters. The minimum atomic E-state index is -0.412. The maximum atomic E-state index is 10.9. The van der Waals surface area contributed by atoms with Gasteiger partial charge in [0.1, 0.15) is 0 Å². The van der Waals surface area contributed by atoms with Crippen molar-refractivity contribution >= 4 is 28.4 Å². The van der Waals surface area contributed by atoms with Gasteiger partial charge in [-0.05, 0) is 16.5 Å². The zero-order chi connectivity index (χ0) is 19.4. The Labute approximate surface area is 161 Å². The molecule has 0 saturated carbocycles. The van der Waals surface area contributed by atoms with E-state index in [0.717, 1.165) is 5.56 Å². The molecule has 0 spiro atoms. The molecule has 0 amide bonds. The second-order valence-corrected chi connectivity index (χ2v) is 7.95. The molecule has 0 saturated heterocycles. The second-order valence-electron chi connectivity index (χ2n) is 7.09. The van der Waals surface area contributed by atoms with E-state index in [1.165, 1.54) is 29.0 Å². The van der Waals surface area contributed by atoms with Crippen molar-refractivity contribution in [1.29, 1.82) is 0 Å².